The molecular formula is C110H163F2N4Os3+3. The van der Waals surface area contributed by atoms with Crippen molar-refractivity contribution < 1.29 is 81.9 Å². The van der Waals surface area contributed by atoms with Crippen molar-refractivity contribution in [3.8, 4) is 62.1 Å². The molecule has 0 amide bonds. The summed E-state index contributed by atoms with van der Waals surface area (Å²) in [7, 11) is 6.25. The molecule has 658 valence electrons. The minimum atomic E-state index is -0.188. The third kappa shape index (κ3) is 26.0. The van der Waals surface area contributed by atoms with Gasteiger partial charge in [0.05, 0.1) is 17.2 Å². The summed E-state index contributed by atoms with van der Waals surface area (Å²) in [6.45, 7) is 58.5. The second-order valence-electron chi connectivity index (χ2n) is 37.2. The van der Waals surface area contributed by atoms with Crippen LogP contribution in [0.25, 0.3) is 56.0 Å². The smallest absolute Gasteiger partial charge is 0.358 e. The molecular weight excluding hydrogens is 1990 g/mol. The Kier molecular flexibility index (Phi) is 47.9. The normalized spacial score (nSPS) is 26.6. The van der Waals surface area contributed by atoms with Crippen molar-refractivity contribution >= 4 is 0 Å². The topological polar surface area (TPSA) is 35.4 Å². The molecule has 119 heavy (non-hydrogen) atoms. The third-order valence-electron chi connectivity index (χ3n) is 31.1. The molecule has 8 aromatic rings. The molecule has 6 aliphatic rings. The van der Waals surface area contributed by atoms with Gasteiger partial charge < -0.3 is 44.6 Å². The molecule has 4 nitrogen and oxygen atoms in total. The molecule has 0 spiro atoms. The van der Waals surface area contributed by atoms with Gasteiger partial charge in [0, 0.05) is 46.0 Å². The number of hydrogen-bond donors (Lipinski definition) is 0. The number of nitriles is 1. The van der Waals surface area contributed by atoms with E-state index in [-0.39, 0.29) is 116 Å². The van der Waals surface area contributed by atoms with Crippen LogP contribution in [-0.2, 0) is 80.5 Å². The standard InChI is InChI=1S/C31H37N2.C30H37FN.C18H21FN.2C10H20.C5H10.6CH3.3Os/c1-18-9-10-25(16-32)15-28(18)29-12-11-26(17-33(29)8)30-19(2)13-27(14-20(30)3)31-23(6)21(4)22(5)24(31)7;1-17-15-26(31)10-11-27(17)28-12-9-24(16-32(28)8)29-18(2)13-25(14-19(29)3)30-22(6)20(4)21(5)23(30)7;1-13-11-16(19)8-9-17(13)18-10-7-15(12-20(18)2)14-5-3-4-6-14;2*1-6-7(2)9(4)10(5)8(6)3;1-2-4-5-3-1;;;;;;;;;/h9-15,17,21-24,31H,1-8H3;9-16,20-23,30H,1-8H3;7-12,14H,3-6H2,1-2H3;2*6-10H,1-5H3;1-5H2;6*1H3;;;/q3*+1;;;;6*-1;3*+2. The first-order valence-corrected chi connectivity index (χ1v) is 43.3. The molecule has 0 N–H and O–H groups in total. The Balaban J connectivity index is 0.00000150. The Morgan fingerprint density at radius 1 is 0.286 bits per heavy atom. The van der Waals surface area contributed by atoms with Gasteiger partial charge in [-0.2, -0.15) is 5.26 Å². The molecule has 3 aromatic heterocycles. The van der Waals surface area contributed by atoms with Gasteiger partial charge in [-0.3, -0.25) is 0 Å². The Morgan fingerprint density at radius 3 is 0.840 bits per heavy atom. The van der Waals surface area contributed by atoms with Gasteiger partial charge in [-0.1, -0.05) is 200 Å². The molecule has 0 saturated heterocycles. The van der Waals surface area contributed by atoms with E-state index in [9.17, 15) is 14.0 Å². The average Bonchev–Trinajstić information content (AvgIpc) is 1.67. The Morgan fingerprint density at radius 2 is 0.563 bits per heavy atom. The predicted molar refractivity (Wildman–Crippen MR) is 501 cm³/mol. The zero-order valence-corrected chi connectivity index (χ0v) is 88.4. The molecule has 8 unspecified atom stereocenters. The zero-order valence-electron chi connectivity index (χ0n) is 80.8. The number of nitrogens with zero attached hydrogens (tertiary/aromatic N) is 4. The van der Waals surface area contributed by atoms with Crippen molar-refractivity contribution in [2.75, 3.05) is 0 Å². The molecule has 0 aliphatic heterocycles. The maximum Gasteiger partial charge on any atom is 2.00 e. The van der Waals surface area contributed by atoms with Crippen molar-refractivity contribution in [1.82, 2.24) is 0 Å². The minimum Gasteiger partial charge on any atom is -0.358 e. The Hall–Kier alpha value is -5.19. The van der Waals surface area contributed by atoms with Gasteiger partial charge in [-0.15, -0.1) is 0 Å². The summed E-state index contributed by atoms with van der Waals surface area (Å²) < 4.78 is 33.3. The van der Waals surface area contributed by atoms with Crippen molar-refractivity contribution in [2.24, 2.45) is 128 Å². The van der Waals surface area contributed by atoms with Gasteiger partial charge in [0.25, 0.3) is 0 Å². The molecule has 8 atom stereocenters. The van der Waals surface area contributed by atoms with E-state index in [1.54, 1.807) is 12.1 Å². The molecule has 14 rings (SSSR count). The van der Waals surface area contributed by atoms with Gasteiger partial charge in [-0.05, 0) is 314 Å². The fourth-order valence-corrected chi connectivity index (χ4v) is 21.6. The third-order valence-corrected chi connectivity index (χ3v) is 31.1. The summed E-state index contributed by atoms with van der Waals surface area (Å²) in [4.78, 5) is 0. The summed E-state index contributed by atoms with van der Waals surface area (Å²) in [5.41, 5.74) is 25.4. The number of hydrogen-bond acceptors (Lipinski definition) is 1. The molecule has 3 heterocycles. The molecule has 6 aliphatic carbocycles. The Labute approximate surface area is 770 Å². The molecule has 0 radical (unpaired) electrons. The first-order chi connectivity index (χ1) is 52.0. The number of benzene rings is 5. The van der Waals surface area contributed by atoms with Gasteiger partial charge >= 0.3 is 59.4 Å². The molecule has 6 saturated carbocycles. The van der Waals surface area contributed by atoms with Crippen LogP contribution in [0.2, 0.25) is 0 Å². The van der Waals surface area contributed by atoms with Crippen LogP contribution in [0.15, 0.2) is 134 Å². The van der Waals surface area contributed by atoms with E-state index in [1.165, 1.54) is 137 Å². The number of rotatable bonds is 8. The van der Waals surface area contributed by atoms with Crippen LogP contribution in [0, 0.1) is 223 Å². The maximum absolute atomic E-state index is 13.6. The van der Waals surface area contributed by atoms with Gasteiger partial charge in [0.15, 0.2) is 18.6 Å². The molecule has 0 bridgehead atoms. The number of aromatic nitrogens is 3. The van der Waals surface area contributed by atoms with Crippen LogP contribution in [0.4, 0.5) is 8.78 Å². The summed E-state index contributed by atoms with van der Waals surface area (Å²) in [6, 6.07) is 41.1. The largest absolute Gasteiger partial charge is 2.00 e. The van der Waals surface area contributed by atoms with E-state index in [0.29, 0.717) is 41.1 Å². The molecule has 6 fully saturated rings. The summed E-state index contributed by atoms with van der Waals surface area (Å²) in [6.07, 6.45) is 19.5. The first kappa shape index (κ1) is 114. The number of aryl methyl sites for hydroxylation is 10. The van der Waals surface area contributed by atoms with E-state index in [4.69, 9.17) is 0 Å². The van der Waals surface area contributed by atoms with E-state index in [0.717, 1.165) is 134 Å². The van der Waals surface area contributed by atoms with Crippen molar-refractivity contribution in [3.63, 3.8) is 0 Å². The predicted octanol–water partition coefficient (Wildman–Crippen LogP) is 30.1. The van der Waals surface area contributed by atoms with Gasteiger partial charge in [-0.25, -0.2) is 22.5 Å². The summed E-state index contributed by atoms with van der Waals surface area (Å²) in [5, 5.41) is 9.33. The summed E-state index contributed by atoms with van der Waals surface area (Å²) >= 11 is 0. The van der Waals surface area contributed by atoms with Crippen LogP contribution in [0.5, 0.6) is 0 Å². The van der Waals surface area contributed by atoms with Crippen LogP contribution in [0.1, 0.15) is 261 Å². The average molecular weight is 2150 g/mol. The summed E-state index contributed by atoms with van der Waals surface area (Å²) in [5.74, 6) is 16.9. The monoisotopic (exact) mass is 2150 g/mol. The molecule has 9 heteroatoms. The van der Waals surface area contributed by atoms with Gasteiger partial charge in [0.2, 0.25) is 17.1 Å². The number of halogens is 2. The van der Waals surface area contributed by atoms with Crippen LogP contribution in [0.3, 0.4) is 0 Å². The van der Waals surface area contributed by atoms with Gasteiger partial charge in [0.1, 0.15) is 32.8 Å². The molecule has 5 aromatic carbocycles. The quantitative estimate of drug-likeness (QED) is 0.110. The Bertz CT molecular complexity index is 4280. The maximum atomic E-state index is 13.6. The first-order valence-electron chi connectivity index (χ1n) is 43.3. The van der Waals surface area contributed by atoms with Crippen LogP contribution < -0.4 is 13.7 Å². The van der Waals surface area contributed by atoms with Crippen molar-refractivity contribution in [2.45, 2.75) is 249 Å². The second kappa shape index (κ2) is 50.1. The van der Waals surface area contributed by atoms with Crippen molar-refractivity contribution in [3.05, 3.63) is 251 Å². The van der Waals surface area contributed by atoms with Crippen LogP contribution in [-0.4, -0.2) is 0 Å². The second-order valence-corrected chi connectivity index (χ2v) is 37.2. The SMILES string of the molecule is C1CCCC1.CC1C(C)C(C)C(C)C1C.CC1C(C)C(C)C(C)C1C.Cc1cc(F)ccc1-c1ccc(-c2c(C)cc(C3C(C)C(C)C(C)C3C)cc2C)c[n+]1C.Cc1cc(F)ccc1-c1ccc(C2CCCC2)c[n+]1C.Cc1ccc(C#N)cc1-c1ccc(-c2c(C)cc(C3C(C)C(C)C(C)C3C)cc2C)c[n+]1C.[CH3-].[CH3-].[CH3-].[CH3-].[CH3-].[CH3-].[Os+2].[Os+2].[Os+2]. The van der Waals surface area contributed by atoms with E-state index >= 15 is 0 Å². The fraction of sp³-hybridized carbons (Fsp3) is 0.527. The van der Waals surface area contributed by atoms with E-state index in [2.05, 4.69) is 279 Å². The zero-order chi connectivity index (χ0) is 80.8. The van der Waals surface area contributed by atoms with Crippen molar-refractivity contribution in [1.29, 1.82) is 5.26 Å². The van der Waals surface area contributed by atoms with E-state index < -0.39 is 0 Å². The van der Waals surface area contributed by atoms with E-state index in [1.807, 2.05) is 44.2 Å². The minimum absolute atomic E-state index is 0. The number of pyridine rings is 3. The van der Waals surface area contributed by atoms with Crippen LogP contribution >= 0.6 is 0 Å². The fourth-order valence-electron chi connectivity index (χ4n) is 21.6.